The molecule has 1 saturated heterocycles. The van der Waals surface area contributed by atoms with Gasteiger partial charge in [-0.3, -0.25) is 0 Å². The largest absolute Gasteiger partial charge is 0.335 e. The van der Waals surface area contributed by atoms with Crippen LogP contribution in [0.2, 0.25) is 0 Å². The molecule has 0 bridgehead atoms. The third kappa shape index (κ3) is 5.93. The maximum Gasteiger partial charge on any atom is 0.335 e. The molecule has 0 saturated carbocycles. The summed E-state index contributed by atoms with van der Waals surface area (Å²) < 4.78 is 16.6. The highest BCUT2D eigenvalue weighted by Gasteiger charge is 2.16. The summed E-state index contributed by atoms with van der Waals surface area (Å²) in [7, 11) is 0. The van der Waals surface area contributed by atoms with Gasteiger partial charge < -0.3 is 4.90 Å². The van der Waals surface area contributed by atoms with Crippen LogP contribution in [-0.2, 0) is 11.6 Å². The smallest absolute Gasteiger partial charge is 0.301 e. The van der Waals surface area contributed by atoms with Gasteiger partial charge in [0.15, 0.2) is 0 Å². The highest BCUT2D eigenvalue weighted by molar-refractivity contribution is 7.51. The molecule has 1 rings (SSSR count). The fraction of sp³-hybridized carbons (Fsp3) is 1.00. The predicted molar refractivity (Wildman–Crippen MR) is 54.0 cm³/mol. The van der Waals surface area contributed by atoms with Crippen LogP contribution in [0.5, 0.6) is 0 Å². The summed E-state index contributed by atoms with van der Waals surface area (Å²) in [4.78, 5) is 2.57. The van der Waals surface area contributed by atoms with Gasteiger partial charge in [0.1, 0.15) is 0 Å². The molecule has 13 heavy (non-hydrogen) atoms. The molecule has 0 atom stereocenters. The SMILES string of the molecule is CC1CCN(C(C)C)CC1.O=S=O. The minimum Gasteiger partial charge on any atom is -0.301 e. The molecule has 0 unspecified atom stereocenters. The number of piperidine rings is 1. The molecular weight excluding hydrogens is 186 g/mol. The molecule has 1 aliphatic heterocycles. The molecule has 78 valence electrons. The Morgan fingerprint density at radius 2 is 1.62 bits per heavy atom. The van der Waals surface area contributed by atoms with Crippen molar-refractivity contribution in [1.29, 1.82) is 0 Å². The Hall–Kier alpha value is -0.220. The molecule has 0 amide bonds. The van der Waals surface area contributed by atoms with Crippen LogP contribution in [-0.4, -0.2) is 32.4 Å². The van der Waals surface area contributed by atoms with Crippen molar-refractivity contribution >= 4 is 11.6 Å². The van der Waals surface area contributed by atoms with Gasteiger partial charge in [0.2, 0.25) is 0 Å². The lowest BCUT2D eigenvalue weighted by molar-refractivity contribution is 0.156. The maximum absolute atomic E-state index is 8.29. The van der Waals surface area contributed by atoms with Gasteiger partial charge in [-0.15, -0.1) is 0 Å². The van der Waals surface area contributed by atoms with E-state index >= 15 is 0 Å². The molecule has 0 aromatic heterocycles. The van der Waals surface area contributed by atoms with Crippen LogP contribution >= 0.6 is 0 Å². The lowest BCUT2D eigenvalue weighted by Crippen LogP contribution is -2.37. The second kappa shape index (κ2) is 7.21. The van der Waals surface area contributed by atoms with Gasteiger partial charge in [-0.1, -0.05) is 6.92 Å². The monoisotopic (exact) mass is 205 g/mol. The summed E-state index contributed by atoms with van der Waals surface area (Å²) in [5, 5.41) is 0. The predicted octanol–water partition coefficient (Wildman–Crippen LogP) is 1.46. The van der Waals surface area contributed by atoms with E-state index in [0.717, 1.165) is 12.0 Å². The van der Waals surface area contributed by atoms with Crippen LogP contribution in [0.3, 0.4) is 0 Å². The van der Waals surface area contributed by atoms with Crippen LogP contribution in [0.25, 0.3) is 0 Å². The van der Waals surface area contributed by atoms with Crippen molar-refractivity contribution in [2.45, 2.75) is 39.7 Å². The zero-order valence-corrected chi connectivity index (χ0v) is 9.47. The van der Waals surface area contributed by atoms with E-state index in [9.17, 15) is 0 Å². The molecule has 0 spiro atoms. The first-order valence-electron chi connectivity index (χ1n) is 4.77. The Morgan fingerprint density at radius 1 is 1.23 bits per heavy atom. The molecule has 1 fully saturated rings. The van der Waals surface area contributed by atoms with Gasteiger partial charge in [0.05, 0.1) is 0 Å². The van der Waals surface area contributed by atoms with Crippen LogP contribution in [0.1, 0.15) is 33.6 Å². The molecular formula is C9H19NO2S. The Balaban J connectivity index is 0.000000424. The van der Waals surface area contributed by atoms with Crippen LogP contribution in [0.15, 0.2) is 0 Å². The van der Waals surface area contributed by atoms with Gasteiger partial charge in [0.25, 0.3) is 0 Å². The van der Waals surface area contributed by atoms with Crippen molar-refractivity contribution in [3.8, 4) is 0 Å². The fourth-order valence-electron chi connectivity index (χ4n) is 1.54. The van der Waals surface area contributed by atoms with Crippen LogP contribution in [0.4, 0.5) is 0 Å². The van der Waals surface area contributed by atoms with Crippen molar-refractivity contribution in [2.75, 3.05) is 13.1 Å². The Bertz CT molecular complexity index is 159. The minimum atomic E-state index is -0.750. The van der Waals surface area contributed by atoms with E-state index in [1.807, 2.05) is 0 Å². The maximum atomic E-state index is 8.29. The van der Waals surface area contributed by atoms with Crippen LogP contribution in [0, 0.1) is 5.92 Å². The van der Waals surface area contributed by atoms with Gasteiger partial charge in [-0.2, -0.15) is 8.42 Å². The van der Waals surface area contributed by atoms with Crippen molar-refractivity contribution in [3.05, 3.63) is 0 Å². The van der Waals surface area contributed by atoms with Crippen molar-refractivity contribution in [1.82, 2.24) is 4.90 Å². The summed E-state index contributed by atoms with van der Waals surface area (Å²) in [5.41, 5.74) is 0. The summed E-state index contributed by atoms with van der Waals surface area (Å²) >= 11 is -0.750. The van der Waals surface area contributed by atoms with E-state index < -0.39 is 11.6 Å². The molecule has 0 radical (unpaired) electrons. The summed E-state index contributed by atoms with van der Waals surface area (Å²) in [6, 6.07) is 0.757. The number of hydrogen-bond acceptors (Lipinski definition) is 3. The molecule has 0 aromatic rings. The molecule has 4 heteroatoms. The normalized spacial score (nSPS) is 19.4. The lowest BCUT2D eigenvalue weighted by atomic mass is 9.98. The first-order valence-corrected chi connectivity index (χ1v) is 5.44. The summed E-state index contributed by atoms with van der Waals surface area (Å²) in [5.74, 6) is 0.968. The van der Waals surface area contributed by atoms with Crippen LogP contribution < -0.4 is 0 Å². The minimum absolute atomic E-state index is 0.750. The first-order chi connectivity index (χ1) is 6.11. The van der Waals surface area contributed by atoms with Gasteiger partial charge in [-0.25, -0.2) is 0 Å². The molecule has 0 N–H and O–H groups in total. The van der Waals surface area contributed by atoms with E-state index in [1.165, 1.54) is 25.9 Å². The number of hydrogen-bond donors (Lipinski definition) is 0. The number of nitrogens with zero attached hydrogens (tertiary/aromatic N) is 1. The average Bonchev–Trinajstić information content (AvgIpc) is 2.06. The Labute approximate surface area is 84.1 Å². The zero-order chi connectivity index (χ0) is 10.3. The molecule has 1 aliphatic rings. The van der Waals surface area contributed by atoms with Gasteiger partial charge >= 0.3 is 11.6 Å². The molecule has 1 heterocycles. The van der Waals surface area contributed by atoms with E-state index in [0.29, 0.717) is 0 Å². The summed E-state index contributed by atoms with van der Waals surface area (Å²) in [6.07, 6.45) is 2.80. The Kier molecular flexibility index (Phi) is 7.09. The van der Waals surface area contributed by atoms with E-state index in [1.54, 1.807) is 0 Å². The van der Waals surface area contributed by atoms with E-state index in [2.05, 4.69) is 25.7 Å². The van der Waals surface area contributed by atoms with Gasteiger partial charge in [-0.05, 0) is 45.7 Å². The lowest BCUT2D eigenvalue weighted by Gasteiger charge is -2.33. The highest BCUT2D eigenvalue weighted by atomic mass is 32.1. The van der Waals surface area contributed by atoms with Gasteiger partial charge in [0, 0.05) is 6.04 Å². The number of rotatable bonds is 1. The van der Waals surface area contributed by atoms with Crippen molar-refractivity contribution < 1.29 is 8.42 Å². The first kappa shape index (κ1) is 12.8. The van der Waals surface area contributed by atoms with Crippen molar-refractivity contribution in [3.63, 3.8) is 0 Å². The standard InChI is InChI=1S/C9H19N.O2S/c1-8(2)10-6-4-9(3)5-7-10;1-3-2/h8-9H,4-7H2,1-3H3;. The number of likely N-dealkylation sites (tertiary alicyclic amines) is 1. The molecule has 0 aromatic carbocycles. The van der Waals surface area contributed by atoms with E-state index in [4.69, 9.17) is 8.42 Å². The molecule has 0 aliphatic carbocycles. The third-order valence-electron chi connectivity index (χ3n) is 2.55. The highest BCUT2D eigenvalue weighted by Crippen LogP contribution is 2.17. The average molecular weight is 205 g/mol. The zero-order valence-electron chi connectivity index (χ0n) is 8.66. The second-order valence-electron chi connectivity index (χ2n) is 3.88. The fourth-order valence-corrected chi connectivity index (χ4v) is 1.54. The topological polar surface area (TPSA) is 37.4 Å². The van der Waals surface area contributed by atoms with Crippen molar-refractivity contribution in [2.24, 2.45) is 5.92 Å². The summed E-state index contributed by atoms with van der Waals surface area (Å²) in [6.45, 7) is 9.57. The van der Waals surface area contributed by atoms with E-state index in [-0.39, 0.29) is 0 Å². The second-order valence-corrected chi connectivity index (χ2v) is 4.02. The quantitative estimate of drug-likeness (QED) is 0.650. The molecule has 3 nitrogen and oxygen atoms in total. The Morgan fingerprint density at radius 3 is 1.92 bits per heavy atom. The third-order valence-corrected chi connectivity index (χ3v) is 2.55.